The maximum Gasteiger partial charge on any atom is 0.266 e. The van der Waals surface area contributed by atoms with E-state index in [1.165, 1.54) is 6.08 Å². The average Bonchev–Trinajstić information content (AvgIpc) is 2.51. The van der Waals surface area contributed by atoms with Crippen LogP contribution in [-0.4, -0.2) is 5.91 Å². The van der Waals surface area contributed by atoms with Gasteiger partial charge in [-0.05, 0) is 43.2 Å². The lowest BCUT2D eigenvalue weighted by molar-refractivity contribution is -0.112. The molecule has 0 aliphatic heterocycles. The Bertz CT molecular complexity index is 835. The van der Waals surface area contributed by atoms with Crippen LogP contribution < -0.4 is 5.32 Å². The minimum Gasteiger partial charge on any atom is -0.321 e. The fourth-order valence-corrected chi connectivity index (χ4v) is 2.44. The molecule has 0 heterocycles. The predicted molar refractivity (Wildman–Crippen MR) is 94.6 cm³/mol. The minimum absolute atomic E-state index is 0.0471. The molecule has 0 saturated carbocycles. The van der Waals surface area contributed by atoms with E-state index in [4.69, 9.17) is 23.2 Å². The van der Waals surface area contributed by atoms with Crippen LogP contribution in [0.25, 0.3) is 6.08 Å². The van der Waals surface area contributed by atoms with Gasteiger partial charge in [-0.3, -0.25) is 4.79 Å². The van der Waals surface area contributed by atoms with E-state index in [0.717, 1.165) is 11.1 Å². The number of halogens is 2. The summed E-state index contributed by atoms with van der Waals surface area (Å²) in [6.07, 6.45) is 1.42. The van der Waals surface area contributed by atoms with E-state index in [-0.39, 0.29) is 5.57 Å². The zero-order chi connectivity index (χ0) is 17.0. The Balaban J connectivity index is 2.30. The lowest BCUT2D eigenvalue weighted by Crippen LogP contribution is -2.14. The Morgan fingerprint density at radius 1 is 1.22 bits per heavy atom. The second-order valence-corrected chi connectivity index (χ2v) is 5.87. The summed E-state index contributed by atoms with van der Waals surface area (Å²) in [4.78, 5) is 12.3. The summed E-state index contributed by atoms with van der Waals surface area (Å²) in [6.45, 7) is 3.87. The number of nitrogens with zero attached hydrogens (tertiary/aromatic N) is 1. The highest BCUT2D eigenvalue weighted by Crippen LogP contribution is 2.27. The van der Waals surface area contributed by atoms with Crippen molar-refractivity contribution in [2.24, 2.45) is 0 Å². The van der Waals surface area contributed by atoms with E-state index in [1.54, 1.807) is 18.2 Å². The molecule has 2 aromatic rings. The summed E-state index contributed by atoms with van der Waals surface area (Å²) < 4.78 is 0. The van der Waals surface area contributed by atoms with Crippen LogP contribution in [0.5, 0.6) is 0 Å². The van der Waals surface area contributed by atoms with E-state index in [0.29, 0.717) is 21.3 Å². The van der Waals surface area contributed by atoms with Gasteiger partial charge in [-0.15, -0.1) is 0 Å². The van der Waals surface area contributed by atoms with Crippen molar-refractivity contribution >= 4 is 40.9 Å². The summed E-state index contributed by atoms with van der Waals surface area (Å²) in [6, 6.07) is 12.6. The number of benzene rings is 2. The molecule has 0 aromatic heterocycles. The zero-order valence-corrected chi connectivity index (χ0v) is 14.2. The first-order chi connectivity index (χ1) is 10.9. The molecule has 0 spiro atoms. The molecule has 0 bridgehead atoms. The standard InChI is InChI=1S/C18H14Cl2N2O/c1-11-6-7-16(12(2)8-11)22-18(23)14(10-21)9-13-4-3-5-15(19)17(13)20/h3-9H,1-2H3,(H,22,23)/b14-9+. The fraction of sp³-hybridized carbons (Fsp3) is 0.111. The van der Waals surface area contributed by atoms with Gasteiger partial charge in [0.1, 0.15) is 11.6 Å². The molecule has 0 radical (unpaired) electrons. The van der Waals surface area contributed by atoms with Crippen LogP contribution >= 0.6 is 23.2 Å². The molecule has 2 aromatic carbocycles. The third-order valence-corrected chi connectivity index (χ3v) is 4.11. The van der Waals surface area contributed by atoms with Crippen LogP contribution in [-0.2, 0) is 4.79 Å². The number of carbonyl (C=O) groups is 1. The average molecular weight is 345 g/mol. The number of nitriles is 1. The van der Waals surface area contributed by atoms with Gasteiger partial charge in [0.2, 0.25) is 0 Å². The Kier molecular flexibility index (Phi) is 5.44. The molecule has 1 amide bonds. The van der Waals surface area contributed by atoms with Crippen molar-refractivity contribution in [3.05, 3.63) is 68.7 Å². The first kappa shape index (κ1) is 17.1. The molecule has 0 saturated heterocycles. The van der Waals surface area contributed by atoms with Crippen molar-refractivity contribution in [1.29, 1.82) is 5.26 Å². The lowest BCUT2D eigenvalue weighted by atomic mass is 10.1. The molecule has 0 aliphatic carbocycles. The van der Waals surface area contributed by atoms with Gasteiger partial charge in [-0.1, -0.05) is 53.0 Å². The van der Waals surface area contributed by atoms with Crippen LogP contribution in [0.1, 0.15) is 16.7 Å². The molecule has 0 aliphatic rings. The van der Waals surface area contributed by atoms with E-state index in [2.05, 4.69) is 5.32 Å². The van der Waals surface area contributed by atoms with E-state index in [1.807, 2.05) is 38.1 Å². The van der Waals surface area contributed by atoms with Crippen molar-refractivity contribution in [3.8, 4) is 6.07 Å². The zero-order valence-electron chi connectivity index (χ0n) is 12.7. The maximum atomic E-state index is 12.3. The van der Waals surface area contributed by atoms with E-state index < -0.39 is 5.91 Å². The maximum absolute atomic E-state index is 12.3. The van der Waals surface area contributed by atoms with Gasteiger partial charge in [0.15, 0.2) is 0 Å². The van der Waals surface area contributed by atoms with Gasteiger partial charge in [0.05, 0.1) is 10.0 Å². The van der Waals surface area contributed by atoms with Gasteiger partial charge in [0.25, 0.3) is 5.91 Å². The molecular formula is C18H14Cl2N2O. The van der Waals surface area contributed by atoms with Crippen molar-refractivity contribution in [1.82, 2.24) is 0 Å². The highest BCUT2D eigenvalue weighted by Gasteiger charge is 2.12. The number of hydrogen-bond donors (Lipinski definition) is 1. The normalized spacial score (nSPS) is 11.0. The molecule has 0 unspecified atom stereocenters. The summed E-state index contributed by atoms with van der Waals surface area (Å²) in [5, 5.41) is 12.7. The molecule has 5 heteroatoms. The highest BCUT2D eigenvalue weighted by atomic mass is 35.5. The van der Waals surface area contributed by atoms with Crippen LogP contribution in [0.15, 0.2) is 42.0 Å². The monoisotopic (exact) mass is 344 g/mol. The Labute approximate surface area is 145 Å². The van der Waals surface area contributed by atoms with Gasteiger partial charge in [-0.2, -0.15) is 5.26 Å². The largest absolute Gasteiger partial charge is 0.321 e. The second-order valence-electron chi connectivity index (χ2n) is 5.09. The van der Waals surface area contributed by atoms with Crippen molar-refractivity contribution in [2.45, 2.75) is 13.8 Å². The Morgan fingerprint density at radius 2 is 1.96 bits per heavy atom. The predicted octanol–water partition coefficient (Wildman–Crippen LogP) is 5.16. The topological polar surface area (TPSA) is 52.9 Å². The number of rotatable bonds is 3. The highest BCUT2D eigenvalue weighted by molar-refractivity contribution is 6.43. The van der Waals surface area contributed by atoms with Crippen LogP contribution in [0, 0.1) is 25.2 Å². The van der Waals surface area contributed by atoms with Gasteiger partial charge < -0.3 is 5.32 Å². The van der Waals surface area contributed by atoms with Crippen LogP contribution in [0.4, 0.5) is 5.69 Å². The van der Waals surface area contributed by atoms with Gasteiger partial charge in [0, 0.05) is 5.69 Å². The molecule has 116 valence electrons. The Morgan fingerprint density at radius 3 is 2.61 bits per heavy atom. The first-order valence-corrected chi connectivity index (χ1v) is 7.62. The number of aryl methyl sites for hydroxylation is 2. The van der Waals surface area contributed by atoms with Crippen LogP contribution in [0.2, 0.25) is 10.0 Å². The molecule has 0 atom stereocenters. The fourth-order valence-electron chi connectivity index (χ4n) is 2.08. The number of amides is 1. The van der Waals surface area contributed by atoms with Crippen molar-refractivity contribution < 1.29 is 4.79 Å². The SMILES string of the molecule is Cc1ccc(NC(=O)/C(C#N)=C/c2cccc(Cl)c2Cl)c(C)c1. The summed E-state index contributed by atoms with van der Waals surface area (Å²) >= 11 is 12.0. The number of nitrogens with one attached hydrogen (secondary N) is 1. The number of anilines is 1. The third-order valence-electron chi connectivity index (χ3n) is 3.28. The molecule has 3 nitrogen and oxygen atoms in total. The molecule has 2 rings (SSSR count). The van der Waals surface area contributed by atoms with Crippen LogP contribution in [0.3, 0.4) is 0 Å². The summed E-state index contributed by atoms with van der Waals surface area (Å²) in [5.74, 6) is -0.490. The van der Waals surface area contributed by atoms with Crippen molar-refractivity contribution in [3.63, 3.8) is 0 Å². The molecule has 1 N–H and O–H groups in total. The summed E-state index contributed by atoms with van der Waals surface area (Å²) in [7, 11) is 0. The van der Waals surface area contributed by atoms with Gasteiger partial charge in [-0.25, -0.2) is 0 Å². The van der Waals surface area contributed by atoms with Gasteiger partial charge >= 0.3 is 0 Å². The smallest absolute Gasteiger partial charge is 0.266 e. The number of carbonyl (C=O) groups excluding carboxylic acids is 1. The molecule has 0 fully saturated rings. The molecular weight excluding hydrogens is 331 g/mol. The van der Waals surface area contributed by atoms with E-state index >= 15 is 0 Å². The third kappa shape index (κ3) is 4.13. The first-order valence-electron chi connectivity index (χ1n) is 6.87. The summed E-state index contributed by atoms with van der Waals surface area (Å²) in [5.41, 5.74) is 3.17. The second kappa shape index (κ2) is 7.32. The lowest BCUT2D eigenvalue weighted by Gasteiger charge is -2.09. The Hall–Kier alpha value is -2.28. The quantitative estimate of drug-likeness (QED) is 0.617. The van der Waals surface area contributed by atoms with Crippen molar-refractivity contribution in [2.75, 3.05) is 5.32 Å². The minimum atomic E-state index is -0.490. The van der Waals surface area contributed by atoms with E-state index in [9.17, 15) is 10.1 Å². The number of hydrogen-bond acceptors (Lipinski definition) is 2. The molecule has 23 heavy (non-hydrogen) atoms.